The fourth-order valence-electron chi connectivity index (χ4n) is 3.22. The second-order valence-electron chi connectivity index (χ2n) is 6.57. The molecule has 0 spiro atoms. The molecular formula is C17H18Cl2N6O4. The van der Waals surface area contributed by atoms with Crippen LogP contribution in [0.1, 0.15) is 11.8 Å². The van der Waals surface area contributed by atoms with E-state index in [0.29, 0.717) is 27.8 Å². The summed E-state index contributed by atoms with van der Waals surface area (Å²) in [6.07, 6.45) is -3.32. The molecule has 12 heteroatoms. The van der Waals surface area contributed by atoms with Crippen molar-refractivity contribution in [2.75, 3.05) is 17.7 Å². The Morgan fingerprint density at radius 2 is 1.97 bits per heavy atom. The molecule has 4 atom stereocenters. The minimum absolute atomic E-state index is 0.151. The molecule has 1 aromatic carbocycles. The minimum atomic E-state index is -1.31. The summed E-state index contributed by atoms with van der Waals surface area (Å²) in [5, 5.41) is 34.0. The number of anilines is 2. The summed E-state index contributed by atoms with van der Waals surface area (Å²) < 4.78 is 7.13. The fraction of sp³-hybridized carbons (Fsp3) is 0.353. The smallest absolute Gasteiger partial charge is 0.207 e. The number of benzene rings is 1. The van der Waals surface area contributed by atoms with Gasteiger partial charge < -0.3 is 31.1 Å². The van der Waals surface area contributed by atoms with Gasteiger partial charge in [-0.2, -0.15) is 0 Å². The molecule has 29 heavy (non-hydrogen) atoms. The van der Waals surface area contributed by atoms with Crippen LogP contribution in [0.3, 0.4) is 0 Å². The van der Waals surface area contributed by atoms with Gasteiger partial charge in [-0.05, 0) is 17.7 Å². The Bertz CT molecular complexity index is 1050. The van der Waals surface area contributed by atoms with E-state index in [4.69, 9.17) is 33.7 Å². The second-order valence-corrected chi connectivity index (χ2v) is 7.38. The molecule has 4 rings (SSSR count). The Balaban J connectivity index is 1.72. The number of hydrogen-bond donors (Lipinski definition) is 5. The van der Waals surface area contributed by atoms with Crippen LogP contribution in [0.25, 0.3) is 11.2 Å². The summed E-state index contributed by atoms with van der Waals surface area (Å²) in [6, 6.07) is 5.19. The fourth-order valence-corrected chi connectivity index (χ4v) is 3.54. The van der Waals surface area contributed by atoms with Crippen LogP contribution in [0.5, 0.6) is 0 Å². The highest BCUT2D eigenvalue weighted by Crippen LogP contribution is 2.35. The molecule has 0 saturated carbocycles. The molecule has 0 bridgehead atoms. The van der Waals surface area contributed by atoms with Crippen molar-refractivity contribution in [2.45, 2.75) is 31.1 Å². The molecule has 0 amide bonds. The molecule has 1 saturated heterocycles. The van der Waals surface area contributed by atoms with Gasteiger partial charge in [0.15, 0.2) is 23.2 Å². The number of nitrogens with zero attached hydrogens (tertiary/aromatic N) is 4. The van der Waals surface area contributed by atoms with Gasteiger partial charge in [-0.15, -0.1) is 0 Å². The SMILES string of the molecule is Nc1ncnc2c1nc(NCc1ccc(Cl)c(Cl)c1)n2C1OC(CO)C(O)C1O. The van der Waals surface area contributed by atoms with E-state index in [1.165, 1.54) is 10.9 Å². The second kappa shape index (κ2) is 7.90. The van der Waals surface area contributed by atoms with E-state index in [-0.39, 0.29) is 11.8 Å². The van der Waals surface area contributed by atoms with Crippen LogP contribution >= 0.6 is 23.2 Å². The third-order valence-electron chi connectivity index (χ3n) is 4.71. The Kier molecular flexibility index (Phi) is 5.47. The summed E-state index contributed by atoms with van der Waals surface area (Å²) >= 11 is 12.0. The van der Waals surface area contributed by atoms with Crippen molar-refractivity contribution in [2.24, 2.45) is 0 Å². The predicted octanol–water partition coefficient (Wildman–Crippen LogP) is 0.939. The largest absolute Gasteiger partial charge is 0.394 e. The number of hydrogen-bond acceptors (Lipinski definition) is 9. The maximum Gasteiger partial charge on any atom is 0.207 e. The first-order chi connectivity index (χ1) is 13.9. The third kappa shape index (κ3) is 3.59. The zero-order valence-corrected chi connectivity index (χ0v) is 16.4. The lowest BCUT2D eigenvalue weighted by Gasteiger charge is -2.19. The van der Waals surface area contributed by atoms with Gasteiger partial charge in [-0.1, -0.05) is 29.3 Å². The lowest BCUT2D eigenvalue weighted by molar-refractivity contribution is -0.0501. The first-order valence-corrected chi connectivity index (χ1v) is 9.45. The van der Waals surface area contributed by atoms with Gasteiger partial charge in [-0.3, -0.25) is 4.57 Å². The lowest BCUT2D eigenvalue weighted by Crippen LogP contribution is -2.33. The molecule has 6 N–H and O–H groups in total. The van der Waals surface area contributed by atoms with Crippen molar-refractivity contribution >= 4 is 46.1 Å². The Morgan fingerprint density at radius 1 is 1.17 bits per heavy atom. The zero-order chi connectivity index (χ0) is 20.7. The number of rotatable bonds is 5. The van der Waals surface area contributed by atoms with Gasteiger partial charge in [0.2, 0.25) is 5.95 Å². The van der Waals surface area contributed by atoms with Gasteiger partial charge in [-0.25, -0.2) is 15.0 Å². The van der Waals surface area contributed by atoms with Gasteiger partial charge in [0.25, 0.3) is 0 Å². The number of nitrogens with one attached hydrogen (secondary N) is 1. The number of aromatic nitrogens is 4. The van der Waals surface area contributed by atoms with E-state index >= 15 is 0 Å². The van der Waals surface area contributed by atoms with Crippen molar-refractivity contribution in [3.63, 3.8) is 0 Å². The highest BCUT2D eigenvalue weighted by Gasteiger charge is 2.45. The van der Waals surface area contributed by atoms with Crippen LogP contribution in [-0.2, 0) is 11.3 Å². The first kappa shape index (κ1) is 20.1. The van der Waals surface area contributed by atoms with Crippen LogP contribution in [-0.4, -0.2) is 59.8 Å². The van der Waals surface area contributed by atoms with Crippen LogP contribution in [0.4, 0.5) is 11.8 Å². The number of fused-ring (bicyclic) bond motifs is 1. The zero-order valence-electron chi connectivity index (χ0n) is 14.9. The molecule has 4 unspecified atom stereocenters. The van der Waals surface area contributed by atoms with Crippen LogP contribution in [0, 0.1) is 0 Å². The quantitative estimate of drug-likeness (QED) is 0.390. The highest BCUT2D eigenvalue weighted by molar-refractivity contribution is 6.42. The molecule has 10 nitrogen and oxygen atoms in total. The summed E-state index contributed by atoms with van der Waals surface area (Å²) in [4.78, 5) is 12.6. The van der Waals surface area contributed by atoms with Crippen molar-refractivity contribution in [3.05, 3.63) is 40.1 Å². The predicted molar refractivity (Wildman–Crippen MR) is 107 cm³/mol. The van der Waals surface area contributed by atoms with E-state index in [2.05, 4.69) is 20.3 Å². The Hall–Kier alpha value is -2.21. The number of aliphatic hydroxyl groups excluding tert-OH is 3. The lowest BCUT2D eigenvalue weighted by atomic mass is 10.1. The topological polar surface area (TPSA) is 152 Å². The number of ether oxygens (including phenoxy) is 1. The summed E-state index contributed by atoms with van der Waals surface area (Å²) in [5.74, 6) is 0.436. The molecule has 1 fully saturated rings. The molecule has 2 aromatic heterocycles. The van der Waals surface area contributed by atoms with E-state index in [1.54, 1.807) is 18.2 Å². The summed E-state index contributed by atoms with van der Waals surface area (Å²) in [6.45, 7) is -0.132. The molecule has 1 aliphatic rings. The number of aliphatic hydroxyl groups is 3. The van der Waals surface area contributed by atoms with E-state index in [9.17, 15) is 15.3 Å². The van der Waals surface area contributed by atoms with E-state index in [1.807, 2.05) is 0 Å². The Morgan fingerprint density at radius 3 is 2.66 bits per heavy atom. The normalized spacial score (nSPS) is 24.3. The van der Waals surface area contributed by atoms with Crippen LogP contribution < -0.4 is 11.1 Å². The minimum Gasteiger partial charge on any atom is -0.394 e. The van der Waals surface area contributed by atoms with Crippen molar-refractivity contribution < 1.29 is 20.1 Å². The summed E-state index contributed by atoms with van der Waals surface area (Å²) in [7, 11) is 0. The third-order valence-corrected chi connectivity index (χ3v) is 5.45. The van der Waals surface area contributed by atoms with Crippen molar-refractivity contribution in [1.82, 2.24) is 19.5 Å². The molecule has 0 radical (unpaired) electrons. The average molecular weight is 441 g/mol. The standard InChI is InChI=1S/C17H18Cl2N6O4/c18-8-2-1-7(3-9(8)19)4-21-17-24-11-14(20)22-6-23-15(11)25(17)16-13(28)12(27)10(5-26)29-16/h1-3,6,10,12-13,16,26-28H,4-5H2,(H,21,24)(H2,20,22,23). The number of imidazole rings is 1. The monoisotopic (exact) mass is 440 g/mol. The van der Waals surface area contributed by atoms with E-state index < -0.39 is 31.1 Å². The van der Waals surface area contributed by atoms with Gasteiger partial charge >= 0.3 is 0 Å². The van der Waals surface area contributed by atoms with Crippen LogP contribution in [0.15, 0.2) is 24.5 Å². The van der Waals surface area contributed by atoms with Gasteiger partial charge in [0.1, 0.15) is 24.6 Å². The van der Waals surface area contributed by atoms with Crippen molar-refractivity contribution in [3.8, 4) is 0 Å². The number of nitrogens with two attached hydrogens (primary N) is 1. The highest BCUT2D eigenvalue weighted by atomic mass is 35.5. The van der Waals surface area contributed by atoms with Gasteiger partial charge in [0.05, 0.1) is 16.7 Å². The van der Waals surface area contributed by atoms with E-state index in [0.717, 1.165) is 5.56 Å². The number of halogens is 2. The first-order valence-electron chi connectivity index (χ1n) is 8.69. The molecule has 154 valence electrons. The Labute approximate surface area is 174 Å². The maximum atomic E-state index is 10.5. The van der Waals surface area contributed by atoms with Crippen molar-refractivity contribution in [1.29, 1.82) is 0 Å². The molecule has 1 aliphatic heterocycles. The molecule has 3 heterocycles. The molecule has 0 aliphatic carbocycles. The summed E-state index contributed by atoms with van der Waals surface area (Å²) in [5.41, 5.74) is 7.36. The molecular weight excluding hydrogens is 423 g/mol. The maximum absolute atomic E-state index is 10.5. The molecule has 3 aromatic rings. The van der Waals surface area contributed by atoms with Gasteiger partial charge in [0, 0.05) is 6.54 Å². The number of nitrogen functional groups attached to an aromatic ring is 1. The average Bonchev–Trinajstić information content (AvgIpc) is 3.21. The van der Waals surface area contributed by atoms with Crippen LogP contribution in [0.2, 0.25) is 10.0 Å².